The van der Waals surface area contributed by atoms with Crippen LogP contribution in [0.5, 0.6) is 0 Å². The van der Waals surface area contributed by atoms with Crippen LogP contribution < -0.4 is 0 Å². The number of rotatable bonds is 4. The maximum Gasteiger partial charge on any atom is 0.433 e. The molecule has 2 aliphatic rings. The molecule has 1 saturated heterocycles. The van der Waals surface area contributed by atoms with Gasteiger partial charge in [-0.3, -0.25) is 9.59 Å². The Hall–Kier alpha value is -2.12. The summed E-state index contributed by atoms with van der Waals surface area (Å²) in [5.41, 5.74) is -0.831. The van der Waals surface area contributed by atoms with Crippen LogP contribution in [-0.4, -0.2) is 39.5 Å². The Labute approximate surface area is 136 Å². The minimum atomic E-state index is -4.62. The molecular weight excluding hydrogens is 325 g/mol. The Balaban J connectivity index is 1.91. The van der Waals surface area contributed by atoms with Crippen molar-refractivity contribution in [1.29, 1.82) is 0 Å². The first-order valence-electron chi connectivity index (χ1n) is 7.87. The second kappa shape index (κ2) is 6.07. The Morgan fingerprint density at radius 3 is 2.54 bits per heavy atom. The summed E-state index contributed by atoms with van der Waals surface area (Å²) >= 11 is 0. The minimum absolute atomic E-state index is 0.0211. The van der Waals surface area contributed by atoms with Crippen LogP contribution in [0.4, 0.5) is 13.2 Å². The molecule has 1 amide bonds. The van der Waals surface area contributed by atoms with Crippen molar-refractivity contribution in [2.45, 2.75) is 50.2 Å². The smallest absolute Gasteiger partial charge is 0.433 e. The number of hydrogen-bond acceptors (Lipinski definition) is 3. The number of halogens is 3. The molecule has 1 unspecified atom stereocenters. The van der Waals surface area contributed by atoms with Crippen LogP contribution in [0.2, 0.25) is 0 Å². The van der Waals surface area contributed by atoms with Gasteiger partial charge in [-0.1, -0.05) is 0 Å². The molecule has 130 valence electrons. The summed E-state index contributed by atoms with van der Waals surface area (Å²) in [5, 5.41) is 8.92. The summed E-state index contributed by atoms with van der Waals surface area (Å²) in [6.07, 6.45) is -2.08. The Kier molecular flexibility index (Phi) is 4.23. The number of carboxylic acid groups (broad SMARTS) is 1. The topological polar surface area (TPSA) is 70.5 Å². The number of aliphatic carboxylic acids is 1. The fraction of sp³-hybridized carbons (Fsp3) is 0.562. The van der Waals surface area contributed by atoms with Crippen molar-refractivity contribution >= 4 is 11.9 Å². The molecule has 3 rings (SSSR count). The molecule has 1 aliphatic heterocycles. The zero-order valence-electron chi connectivity index (χ0n) is 12.8. The van der Waals surface area contributed by atoms with Crippen molar-refractivity contribution < 1.29 is 27.9 Å². The second-order valence-electron chi connectivity index (χ2n) is 6.33. The van der Waals surface area contributed by atoms with E-state index in [2.05, 4.69) is 4.98 Å². The molecule has 1 N–H and O–H groups in total. The third-order valence-electron chi connectivity index (χ3n) is 4.43. The van der Waals surface area contributed by atoms with Gasteiger partial charge in [0.2, 0.25) is 0 Å². The summed E-state index contributed by atoms with van der Waals surface area (Å²) in [5.74, 6) is -1.59. The highest BCUT2D eigenvalue weighted by Crippen LogP contribution is 2.41. The van der Waals surface area contributed by atoms with Gasteiger partial charge in [-0.25, -0.2) is 4.98 Å². The molecule has 1 saturated carbocycles. The van der Waals surface area contributed by atoms with E-state index in [1.165, 1.54) is 11.0 Å². The lowest BCUT2D eigenvalue weighted by Crippen LogP contribution is -2.37. The van der Waals surface area contributed by atoms with E-state index in [4.69, 9.17) is 5.11 Å². The van der Waals surface area contributed by atoms with Crippen LogP contribution in [-0.2, 0) is 11.0 Å². The molecule has 1 aromatic heterocycles. The van der Waals surface area contributed by atoms with E-state index in [0.717, 1.165) is 18.9 Å². The van der Waals surface area contributed by atoms with Crippen molar-refractivity contribution in [3.8, 4) is 0 Å². The normalized spacial score (nSPS) is 21.1. The van der Waals surface area contributed by atoms with Gasteiger partial charge in [-0.2, -0.15) is 13.2 Å². The third-order valence-corrected chi connectivity index (χ3v) is 4.43. The predicted octanol–water partition coefficient (Wildman–Crippen LogP) is 3.06. The first-order valence-corrected chi connectivity index (χ1v) is 7.87. The number of aromatic nitrogens is 1. The van der Waals surface area contributed by atoms with Gasteiger partial charge >= 0.3 is 12.1 Å². The van der Waals surface area contributed by atoms with Gasteiger partial charge in [0, 0.05) is 29.8 Å². The van der Waals surface area contributed by atoms with Gasteiger partial charge in [0.15, 0.2) is 0 Å². The standard InChI is InChI=1S/C16H17F3N2O3/c17-16(18,19)13-7-10(6-12(20-13)9-3-4-9)15(24)21-5-1-2-11(21)8-14(22)23/h6-7,9,11H,1-5,8H2,(H,22,23). The second-order valence-corrected chi connectivity index (χ2v) is 6.33. The molecule has 0 aromatic carbocycles. The summed E-state index contributed by atoms with van der Waals surface area (Å²) in [6, 6.07) is 1.72. The average Bonchev–Trinajstić information content (AvgIpc) is 3.25. The van der Waals surface area contributed by atoms with E-state index in [9.17, 15) is 22.8 Å². The molecule has 1 atom stereocenters. The molecule has 0 radical (unpaired) electrons. The highest BCUT2D eigenvalue weighted by molar-refractivity contribution is 5.95. The van der Waals surface area contributed by atoms with Crippen molar-refractivity contribution in [2.24, 2.45) is 0 Å². The molecule has 5 nitrogen and oxygen atoms in total. The molecule has 8 heteroatoms. The van der Waals surface area contributed by atoms with E-state index < -0.39 is 29.8 Å². The molecule has 0 spiro atoms. The fourth-order valence-electron chi connectivity index (χ4n) is 3.09. The minimum Gasteiger partial charge on any atom is -0.481 e. The monoisotopic (exact) mass is 342 g/mol. The van der Waals surface area contributed by atoms with Gasteiger partial charge < -0.3 is 10.0 Å². The number of carbonyl (C=O) groups excluding carboxylic acids is 1. The lowest BCUT2D eigenvalue weighted by molar-refractivity contribution is -0.141. The quantitative estimate of drug-likeness (QED) is 0.913. The van der Waals surface area contributed by atoms with Crippen LogP contribution in [0.1, 0.15) is 59.8 Å². The summed E-state index contributed by atoms with van der Waals surface area (Å²) < 4.78 is 39.2. The predicted molar refractivity (Wildman–Crippen MR) is 77.5 cm³/mol. The number of nitrogens with zero attached hydrogens (tertiary/aromatic N) is 2. The van der Waals surface area contributed by atoms with E-state index in [1.807, 2.05) is 0 Å². The van der Waals surface area contributed by atoms with Crippen molar-refractivity contribution in [3.63, 3.8) is 0 Å². The molecule has 1 aliphatic carbocycles. The summed E-state index contributed by atoms with van der Waals surface area (Å²) in [4.78, 5) is 28.6. The Morgan fingerprint density at radius 2 is 1.96 bits per heavy atom. The maximum atomic E-state index is 13.1. The van der Waals surface area contributed by atoms with Crippen LogP contribution in [0.3, 0.4) is 0 Å². The van der Waals surface area contributed by atoms with Gasteiger partial charge in [0.25, 0.3) is 5.91 Å². The number of pyridine rings is 1. The van der Waals surface area contributed by atoms with E-state index in [-0.39, 0.29) is 17.9 Å². The zero-order valence-corrected chi connectivity index (χ0v) is 12.8. The molecular formula is C16H17F3N2O3. The largest absolute Gasteiger partial charge is 0.481 e. The van der Waals surface area contributed by atoms with Crippen molar-refractivity contribution in [3.05, 3.63) is 29.1 Å². The Morgan fingerprint density at radius 1 is 1.25 bits per heavy atom. The number of carbonyl (C=O) groups is 2. The van der Waals surface area contributed by atoms with Gasteiger partial charge in [-0.05, 0) is 37.8 Å². The zero-order chi connectivity index (χ0) is 17.5. The fourth-order valence-corrected chi connectivity index (χ4v) is 3.09. The average molecular weight is 342 g/mol. The molecule has 0 bridgehead atoms. The van der Waals surface area contributed by atoms with Crippen molar-refractivity contribution in [1.82, 2.24) is 9.88 Å². The summed E-state index contributed by atoms with van der Waals surface area (Å²) in [6.45, 7) is 0.360. The molecule has 1 aromatic rings. The number of amides is 1. The number of hydrogen-bond donors (Lipinski definition) is 1. The molecule has 2 fully saturated rings. The number of alkyl halides is 3. The SMILES string of the molecule is O=C(O)CC1CCCN1C(=O)c1cc(C2CC2)nc(C(F)(F)F)c1. The van der Waals surface area contributed by atoms with Crippen LogP contribution in [0.25, 0.3) is 0 Å². The van der Waals surface area contributed by atoms with Crippen LogP contribution in [0, 0.1) is 0 Å². The van der Waals surface area contributed by atoms with Crippen LogP contribution >= 0.6 is 0 Å². The van der Waals surface area contributed by atoms with Gasteiger partial charge in [0.05, 0.1) is 6.42 Å². The first kappa shape index (κ1) is 16.7. The Bertz CT molecular complexity index is 671. The molecule has 2 heterocycles. The van der Waals surface area contributed by atoms with E-state index in [1.54, 1.807) is 0 Å². The lowest BCUT2D eigenvalue weighted by atomic mass is 10.1. The lowest BCUT2D eigenvalue weighted by Gasteiger charge is -2.24. The van der Waals surface area contributed by atoms with Gasteiger partial charge in [0.1, 0.15) is 5.69 Å². The molecule has 24 heavy (non-hydrogen) atoms. The first-order chi connectivity index (χ1) is 11.3. The van der Waals surface area contributed by atoms with Crippen molar-refractivity contribution in [2.75, 3.05) is 6.54 Å². The summed E-state index contributed by atoms with van der Waals surface area (Å²) in [7, 11) is 0. The van der Waals surface area contributed by atoms with E-state index >= 15 is 0 Å². The maximum absolute atomic E-state index is 13.1. The highest BCUT2D eigenvalue weighted by atomic mass is 19.4. The number of carboxylic acids is 1. The van der Waals surface area contributed by atoms with Gasteiger partial charge in [-0.15, -0.1) is 0 Å². The van der Waals surface area contributed by atoms with E-state index in [0.29, 0.717) is 25.1 Å². The highest BCUT2D eigenvalue weighted by Gasteiger charge is 2.37. The number of likely N-dealkylation sites (tertiary alicyclic amines) is 1. The third kappa shape index (κ3) is 3.52. The van der Waals surface area contributed by atoms with Crippen LogP contribution in [0.15, 0.2) is 12.1 Å².